The quantitative estimate of drug-likeness (QED) is 0.780. The highest BCUT2D eigenvalue weighted by atomic mass is 19.1. The molecular weight excluding hydrogens is 389 g/mol. The molecule has 7 nitrogen and oxygen atoms in total. The Labute approximate surface area is 173 Å². The third kappa shape index (κ3) is 4.44. The van der Waals surface area contributed by atoms with Gasteiger partial charge in [-0.2, -0.15) is 0 Å². The van der Waals surface area contributed by atoms with E-state index in [4.69, 9.17) is 15.2 Å². The van der Waals surface area contributed by atoms with Gasteiger partial charge in [0.25, 0.3) is 5.91 Å². The Bertz CT molecular complexity index is 934. The molecule has 0 aromatic heterocycles. The van der Waals surface area contributed by atoms with E-state index in [-0.39, 0.29) is 36.8 Å². The Morgan fingerprint density at radius 3 is 2.77 bits per heavy atom. The summed E-state index contributed by atoms with van der Waals surface area (Å²) < 4.78 is 25.7. The highest BCUT2D eigenvalue weighted by Gasteiger charge is 2.37. The summed E-state index contributed by atoms with van der Waals surface area (Å²) in [6, 6.07) is 11.3. The van der Waals surface area contributed by atoms with E-state index in [9.17, 15) is 14.0 Å². The van der Waals surface area contributed by atoms with Crippen LogP contribution in [0.3, 0.4) is 0 Å². The molecule has 8 heteroatoms. The second-order valence-corrected chi connectivity index (χ2v) is 7.49. The summed E-state index contributed by atoms with van der Waals surface area (Å²) in [5, 5.41) is 2.84. The van der Waals surface area contributed by atoms with Crippen molar-refractivity contribution in [2.45, 2.75) is 25.0 Å². The van der Waals surface area contributed by atoms with Crippen molar-refractivity contribution in [2.24, 2.45) is 5.73 Å². The molecule has 0 aliphatic carbocycles. The number of ether oxygens (including phenoxy) is 2. The Morgan fingerprint density at radius 1 is 1.23 bits per heavy atom. The summed E-state index contributed by atoms with van der Waals surface area (Å²) in [5.41, 5.74) is 6.59. The molecule has 2 heterocycles. The Hall–Kier alpha value is -2.97. The fourth-order valence-corrected chi connectivity index (χ4v) is 3.81. The number of carbonyl (C=O) groups is 2. The number of nitrogens with one attached hydrogen (secondary N) is 1. The van der Waals surface area contributed by atoms with Gasteiger partial charge in [-0.05, 0) is 55.3 Å². The van der Waals surface area contributed by atoms with Crippen molar-refractivity contribution in [3.63, 3.8) is 0 Å². The topological polar surface area (TPSA) is 93.9 Å². The van der Waals surface area contributed by atoms with E-state index in [1.807, 2.05) is 24.3 Å². The maximum atomic E-state index is 14.4. The molecular formula is C22H24FN3O4. The van der Waals surface area contributed by atoms with Gasteiger partial charge < -0.3 is 25.4 Å². The lowest BCUT2D eigenvalue weighted by Gasteiger charge is -2.41. The molecule has 4 rings (SSSR count). The van der Waals surface area contributed by atoms with Crippen molar-refractivity contribution < 1.29 is 23.5 Å². The number of fused-ring (bicyclic) bond motifs is 1. The van der Waals surface area contributed by atoms with Crippen LogP contribution in [0.4, 0.5) is 4.39 Å². The van der Waals surface area contributed by atoms with Crippen LogP contribution in [-0.4, -0.2) is 55.1 Å². The average molecular weight is 413 g/mol. The molecule has 158 valence electrons. The number of hydrogen-bond acceptors (Lipinski definition) is 5. The normalized spacial score (nSPS) is 21.0. The molecule has 2 saturated heterocycles. The summed E-state index contributed by atoms with van der Waals surface area (Å²) in [6.45, 7) is 1.32. The summed E-state index contributed by atoms with van der Waals surface area (Å²) in [4.78, 5) is 26.1. The van der Waals surface area contributed by atoms with Crippen LogP contribution in [0.15, 0.2) is 42.5 Å². The third-order valence-corrected chi connectivity index (χ3v) is 5.37. The second kappa shape index (κ2) is 8.81. The summed E-state index contributed by atoms with van der Waals surface area (Å²) in [6.07, 6.45) is 1.25. The van der Waals surface area contributed by atoms with Crippen molar-refractivity contribution in [3.05, 3.63) is 59.4 Å². The van der Waals surface area contributed by atoms with E-state index in [1.54, 1.807) is 4.90 Å². The largest absolute Gasteiger partial charge is 0.457 e. The van der Waals surface area contributed by atoms with Gasteiger partial charge >= 0.3 is 0 Å². The van der Waals surface area contributed by atoms with Crippen LogP contribution in [0, 0.1) is 5.82 Å². The number of likely N-dealkylation sites (tertiary alicyclic amines) is 1. The lowest BCUT2D eigenvalue weighted by Crippen LogP contribution is -2.61. The second-order valence-electron chi connectivity index (χ2n) is 7.49. The van der Waals surface area contributed by atoms with Crippen LogP contribution >= 0.6 is 0 Å². The van der Waals surface area contributed by atoms with Gasteiger partial charge in [0.05, 0.1) is 17.7 Å². The first-order valence-electron chi connectivity index (χ1n) is 10.00. The molecule has 0 bridgehead atoms. The minimum Gasteiger partial charge on any atom is -0.457 e. The number of nitrogens with zero attached hydrogens (tertiary/aromatic N) is 1. The average Bonchev–Trinajstić information content (AvgIpc) is 2.75. The van der Waals surface area contributed by atoms with Gasteiger partial charge in [0.2, 0.25) is 5.91 Å². The van der Waals surface area contributed by atoms with E-state index < -0.39 is 11.7 Å². The van der Waals surface area contributed by atoms with Crippen molar-refractivity contribution in [1.82, 2.24) is 10.2 Å². The van der Waals surface area contributed by atoms with Crippen LogP contribution in [0.1, 0.15) is 22.3 Å². The van der Waals surface area contributed by atoms with Gasteiger partial charge in [-0.15, -0.1) is 0 Å². The van der Waals surface area contributed by atoms with E-state index in [2.05, 4.69) is 5.32 Å². The van der Waals surface area contributed by atoms with Gasteiger partial charge in [0, 0.05) is 13.1 Å². The zero-order valence-corrected chi connectivity index (χ0v) is 16.5. The molecule has 2 aromatic rings. The predicted molar refractivity (Wildman–Crippen MR) is 108 cm³/mol. The fraction of sp³-hybridized carbons (Fsp3) is 0.364. The first-order valence-corrected chi connectivity index (χ1v) is 10.00. The molecule has 2 atom stereocenters. The molecule has 30 heavy (non-hydrogen) atoms. The first kappa shape index (κ1) is 20.3. The minimum absolute atomic E-state index is 0.0380. The van der Waals surface area contributed by atoms with E-state index in [0.717, 1.165) is 12.0 Å². The number of morpholine rings is 1. The first-order chi connectivity index (χ1) is 14.5. The number of piperidine rings is 1. The van der Waals surface area contributed by atoms with Crippen LogP contribution in [-0.2, 0) is 16.0 Å². The smallest absolute Gasteiger partial charge is 0.257 e. The fourth-order valence-electron chi connectivity index (χ4n) is 3.81. The van der Waals surface area contributed by atoms with E-state index >= 15 is 0 Å². The Kier molecular flexibility index (Phi) is 5.96. The lowest BCUT2D eigenvalue weighted by atomic mass is 9.99. The van der Waals surface area contributed by atoms with Crippen LogP contribution in [0.25, 0.3) is 0 Å². The monoisotopic (exact) mass is 413 g/mol. The highest BCUT2D eigenvalue weighted by Crippen LogP contribution is 2.26. The number of nitrogens with two attached hydrogens (primary N) is 1. The zero-order valence-electron chi connectivity index (χ0n) is 16.5. The van der Waals surface area contributed by atoms with Gasteiger partial charge in [-0.3, -0.25) is 9.59 Å². The maximum absolute atomic E-state index is 14.4. The van der Waals surface area contributed by atoms with Gasteiger partial charge in [0.1, 0.15) is 23.9 Å². The molecule has 2 aliphatic heterocycles. The number of rotatable bonds is 5. The van der Waals surface area contributed by atoms with Crippen molar-refractivity contribution in [1.29, 1.82) is 0 Å². The molecule has 0 saturated carbocycles. The molecule has 3 N–H and O–H groups in total. The molecule has 2 fully saturated rings. The number of carbonyl (C=O) groups excluding carboxylic acids is 2. The van der Waals surface area contributed by atoms with Crippen molar-refractivity contribution in [2.75, 3.05) is 26.2 Å². The summed E-state index contributed by atoms with van der Waals surface area (Å²) in [5.74, 6) is -0.296. The van der Waals surface area contributed by atoms with Gasteiger partial charge in [0.15, 0.2) is 0 Å². The van der Waals surface area contributed by atoms with Gasteiger partial charge in [-0.25, -0.2) is 4.39 Å². The molecule has 2 aliphatic rings. The van der Waals surface area contributed by atoms with E-state index in [1.165, 1.54) is 18.2 Å². The van der Waals surface area contributed by atoms with E-state index in [0.29, 0.717) is 31.0 Å². The van der Waals surface area contributed by atoms with Crippen LogP contribution < -0.4 is 15.8 Å². The Balaban J connectivity index is 1.47. The number of halogens is 1. The number of amides is 2. The zero-order chi connectivity index (χ0) is 21.1. The van der Waals surface area contributed by atoms with Crippen LogP contribution in [0.2, 0.25) is 0 Å². The third-order valence-electron chi connectivity index (χ3n) is 5.37. The number of benzene rings is 2. The molecule has 0 unspecified atom stereocenters. The maximum Gasteiger partial charge on any atom is 0.257 e. The minimum atomic E-state index is -0.614. The molecule has 2 amide bonds. The highest BCUT2D eigenvalue weighted by molar-refractivity contribution is 5.95. The van der Waals surface area contributed by atoms with Crippen molar-refractivity contribution >= 4 is 11.8 Å². The molecule has 0 radical (unpaired) electrons. The number of hydrogen-bond donors (Lipinski definition) is 2. The Morgan fingerprint density at radius 2 is 2.00 bits per heavy atom. The van der Waals surface area contributed by atoms with Crippen molar-refractivity contribution in [3.8, 4) is 11.5 Å². The molecule has 2 aromatic carbocycles. The summed E-state index contributed by atoms with van der Waals surface area (Å²) >= 11 is 0. The summed E-state index contributed by atoms with van der Waals surface area (Å²) in [7, 11) is 0. The van der Waals surface area contributed by atoms with Gasteiger partial charge in [-0.1, -0.05) is 12.1 Å². The SMILES string of the molecule is NCCc1ccc(Oc2ccc(F)c(C(=O)N3CC[C@H]4OCC(=O)N[C@H]4C3)c2)cc1. The molecule has 0 spiro atoms. The standard InChI is InChI=1S/C22H24FN3O4/c23-18-6-5-16(30-15-3-1-14(2-4-15)7-9-24)11-17(18)22(28)26-10-8-20-19(12-26)25-21(27)13-29-20/h1-6,11,19-20H,7-10,12-13,24H2,(H,25,27)/t19-,20+/m0/s1. The predicted octanol–water partition coefficient (Wildman–Crippen LogP) is 1.85. The lowest BCUT2D eigenvalue weighted by molar-refractivity contribution is -0.139. The van der Waals surface area contributed by atoms with Crippen LogP contribution in [0.5, 0.6) is 11.5 Å².